The standard InChI is InChI=1S/C15H12ClN3O2S/c16-11-4-1-3-10(7-11)8-13-14(20)18-15(22-13)19-17-9-12-5-2-6-21-12/h1-7,9,13H,8H2,(H,18,19,20)/b17-9-/t13-/m1/s1. The zero-order chi connectivity index (χ0) is 15.4. The fourth-order valence-electron chi connectivity index (χ4n) is 1.97. The number of furan rings is 1. The average Bonchev–Trinajstić information content (AvgIpc) is 3.10. The van der Waals surface area contributed by atoms with Crippen LogP contribution in [0, 0.1) is 0 Å². The average molecular weight is 334 g/mol. The molecule has 1 saturated heterocycles. The van der Waals surface area contributed by atoms with Crippen molar-refractivity contribution in [1.29, 1.82) is 0 Å². The van der Waals surface area contributed by atoms with Crippen LogP contribution in [0.15, 0.2) is 57.3 Å². The maximum atomic E-state index is 11.9. The van der Waals surface area contributed by atoms with Crippen molar-refractivity contribution in [2.75, 3.05) is 0 Å². The highest BCUT2D eigenvalue weighted by Crippen LogP contribution is 2.24. The zero-order valence-corrected chi connectivity index (χ0v) is 13.0. The molecule has 0 unspecified atom stereocenters. The maximum absolute atomic E-state index is 11.9. The van der Waals surface area contributed by atoms with Crippen LogP contribution in [0.5, 0.6) is 0 Å². The quantitative estimate of drug-likeness (QED) is 0.690. The Hall–Kier alpha value is -2.05. The van der Waals surface area contributed by atoms with Crippen LogP contribution in [0.1, 0.15) is 11.3 Å². The lowest BCUT2D eigenvalue weighted by molar-refractivity contribution is -0.118. The van der Waals surface area contributed by atoms with Crippen molar-refractivity contribution in [3.8, 4) is 0 Å². The van der Waals surface area contributed by atoms with Crippen molar-refractivity contribution in [2.45, 2.75) is 11.7 Å². The molecule has 112 valence electrons. The molecule has 1 atom stereocenters. The Morgan fingerprint density at radius 2 is 2.27 bits per heavy atom. The van der Waals surface area contributed by atoms with Crippen molar-refractivity contribution in [3.63, 3.8) is 0 Å². The summed E-state index contributed by atoms with van der Waals surface area (Å²) in [5, 5.41) is 11.5. The maximum Gasteiger partial charge on any atom is 0.239 e. The molecule has 2 heterocycles. The van der Waals surface area contributed by atoms with E-state index in [2.05, 4.69) is 15.5 Å². The van der Waals surface area contributed by atoms with Gasteiger partial charge in [0.1, 0.15) is 5.76 Å². The number of carbonyl (C=O) groups is 1. The summed E-state index contributed by atoms with van der Waals surface area (Å²) < 4.78 is 5.11. The second-order valence-electron chi connectivity index (χ2n) is 4.59. The van der Waals surface area contributed by atoms with E-state index >= 15 is 0 Å². The third kappa shape index (κ3) is 3.78. The lowest BCUT2D eigenvalue weighted by atomic mass is 10.1. The van der Waals surface area contributed by atoms with Crippen LogP contribution in [0.4, 0.5) is 0 Å². The van der Waals surface area contributed by atoms with Gasteiger partial charge in [-0.15, -0.1) is 5.10 Å². The first-order chi connectivity index (χ1) is 10.7. The van der Waals surface area contributed by atoms with Gasteiger partial charge in [-0.05, 0) is 36.2 Å². The first kappa shape index (κ1) is 14.9. The Kier molecular flexibility index (Phi) is 4.60. The molecule has 1 aliphatic rings. The van der Waals surface area contributed by atoms with E-state index in [-0.39, 0.29) is 11.2 Å². The van der Waals surface area contributed by atoms with Gasteiger partial charge in [0.15, 0.2) is 5.17 Å². The Morgan fingerprint density at radius 1 is 1.36 bits per heavy atom. The molecule has 0 spiro atoms. The summed E-state index contributed by atoms with van der Waals surface area (Å²) >= 11 is 7.31. The molecular formula is C15H12ClN3O2S. The number of carbonyl (C=O) groups excluding carboxylic acids is 1. The molecule has 1 aromatic heterocycles. The van der Waals surface area contributed by atoms with Gasteiger partial charge in [0.05, 0.1) is 17.7 Å². The summed E-state index contributed by atoms with van der Waals surface area (Å²) in [6.07, 6.45) is 3.64. The highest BCUT2D eigenvalue weighted by molar-refractivity contribution is 8.15. The molecule has 22 heavy (non-hydrogen) atoms. The number of halogens is 1. The van der Waals surface area contributed by atoms with Gasteiger partial charge in [-0.25, -0.2) is 0 Å². The summed E-state index contributed by atoms with van der Waals surface area (Å²) in [5.74, 6) is 0.533. The SMILES string of the molecule is O=C1N/C(=N\N=C/c2ccco2)S[C@@H]1Cc1cccc(Cl)c1. The molecule has 5 nitrogen and oxygen atoms in total. The summed E-state index contributed by atoms with van der Waals surface area (Å²) in [4.78, 5) is 11.9. The van der Waals surface area contributed by atoms with E-state index in [9.17, 15) is 4.79 Å². The fourth-order valence-corrected chi connectivity index (χ4v) is 3.15. The number of nitrogens with zero attached hydrogens (tertiary/aromatic N) is 2. The molecule has 1 aromatic carbocycles. The van der Waals surface area contributed by atoms with E-state index in [0.29, 0.717) is 22.4 Å². The zero-order valence-electron chi connectivity index (χ0n) is 11.4. The van der Waals surface area contributed by atoms with E-state index < -0.39 is 0 Å². The smallest absolute Gasteiger partial charge is 0.239 e. The molecule has 0 saturated carbocycles. The molecule has 1 N–H and O–H groups in total. The van der Waals surface area contributed by atoms with Crippen LogP contribution in [0.25, 0.3) is 0 Å². The van der Waals surface area contributed by atoms with Crippen LogP contribution < -0.4 is 5.32 Å². The third-order valence-electron chi connectivity index (χ3n) is 2.96. The van der Waals surface area contributed by atoms with Crippen LogP contribution in [-0.4, -0.2) is 22.5 Å². The molecule has 0 bridgehead atoms. The highest BCUT2D eigenvalue weighted by Gasteiger charge is 2.30. The van der Waals surface area contributed by atoms with Gasteiger partial charge in [0, 0.05) is 5.02 Å². The number of benzene rings is 1. The van der Waals surface area contributed by atoms with Crippen molar-refractivity contribution in [1.82, 2.24) is 5.32 Å². The Balaban J connectivity index is 1.63. The molecule has 0 radical (unpaired) electrons. The molecule has 1 aliphatic heterocycles. The number of amides is 1. The minimum atomic E-state index is -0.226. The minimum Gasteiger partial charge on any atom is -0.463 e. The number of hydrogen-bond acceptors (Lipinski definition) is 5. The van der Waals surface area contributed by atoms with E-state index in [1.807, 2.05) is 24.3 Å². The monoisotopic (exact) mass is 333 g/mol. The second kappa shape index (κ2) is 6.81. The third-order valence-corrected chi connectivity index (χ3v) is 4.27. The highest BCUT2D eigenvalue weighted by atomic mass is 35.5. The van der Waals surface area contributed by atoms with Crippen LogP contribution in [0.2, 0.25) is 5.02 Å². The fraction of sp³-hybridized carbons (Fsp3) is 0.133. The molecule has 3 rings (SSSR count). The van der Waals surface area contributed by atoms with Crippen molar-refractivity contribution in [3.05, 3.63) is 59.0 Å². The molecule has 0 aliphatic carbocycles. The van der Waals surface area contributed by atoms with Gasteiger partial charge in [-0.1, -0.05) is 35.5 Å². The largest absolute Gasteiger partial charge is 0.463 e. The van der Waals surface area contributed by atoms with E-state index in [4.69, 9.17) is 16.0 Å². The van der Waals surface area contributed by atoms with Crippen LogP contribution in [-0.2, 0) is 11.2 Å². The topological polar surface area (TPSA) is 67.0 Å². The van der Waals surface area contributed by atoms with Gasteiger partial charge >= 0.3 is 0 Å². The van der Waals surface area contributed by atoms with Crippen LogP contribution in [0.3, 0.4) is 0 Å². The lowest BCUT2D eigenvalue weighted by Crippen LogP contribution is -2.25. The van der Waals surface area contributed by atoms with E-state index in [1.165, 1.54) is 18.0 Å². The number of rotatable bonds is 4. The van der Waals surface area contributed by atoms with Crippen molar-refractivity contribution < 1.29 is 9.21 Å². The van der Waals surface area contributed by atoms with Crippen molar-refractivity contribution in [2.24, 2.45) is 10.2 Å². The minimum absolute atomic E-state index is 0.0723. The first-order valence-corrected chi connectivity index (χ1v) is 7.83. The Morgan fingerprint density at radius 3 is 3.05 bits per heavy atom. The van der Waals surface area contributed by atoms with Gasteiger partial charge in [-0.2, -0.15) is 5.10 Å². The van der Waals surface area contributed by atoms with E-state index in [0.717, 1.165) is 5.56 Å². The van der Waals surface area contributed by atoms with Gasteiger partial charge in [0.2, 0.25) is 5.91 Å². The summed E-state index contributed by atoms with van der Waals surface area (Å²) in [6.45, 7) is 0. The van der Waals surface area contributed by atoms with Gasteiger partial charge in [0.25, 0.3) is 0 Å². The molecule has 1 amide bonds. The summed E-state index contributed by atoms with van der Waals surface area (Å²) in [7, 11) is 0. The number of hydrogen-bond donors (Lipinski definition) is 1. The predicted molar refractivity (Wildman–Crippen MR) is 88.4 cm³/mol. The predicted octanol–water partition coefficient (Wildman–Crippen LogP) is 3.10. The van der Waals surface area contributed by atoms with Gasteiger partial charge < -0.3 is 9.73 Å². The lowest BCUT2D eigenvalue weighted by Gasteiger charge is -2.05. The van der Waals surface area contributed by atoms with Crippen LogP contribution >= 0.6 is 23.4 Å². The summed E-state index contributed by atoms with van der Waals surface area (Å²) in [5.41, 5.74) is 1.01. The van der Waals surface area contributed by atoms with Gasteiger partial charge in [-0.3, -0.25) is 4.79 Å². The Labute approximate surface area is 136 Å². The normalized spacial score (nSPS) is 20.0. The summed E-state index contributed by atoms with van der Waals surface area (Å²) in [6, 6.07) is 11.0. The molecule has 1 fully saturated rings. The molecular weight excluding hydrogens is 322 g/mol. The number of thioether (sulfide) groups is 1. The first-order valence-electron chi connectivity index (χ1n) is 6.57. The second-order valence-corrected chi connectivity index (χ2v) is 6.22. The van der Waals surface area contributed by atoms with E-state index in [1.54, 1.807) is 18.4 Å². The number of amidine groups is 1. The van der Waals surface area contributed by atoms with Crippen molar-refractivity contribution >= 4 is 40.7 Å². The number of nitrogens with one attached hydrogen (secondary N) is 1. The molecule has 7 heteroatoms. The molecule has 2 aromatic rings. The Bertz CT molecular complexity index is 728.